The lowest BCUT2D eigenvalue weighted by molar-refractivity contribution is -0.168. The van der Waals surface area contributed by atoms with Gasteiger partial charge in [0.1, 0.15) is 6.61 Å². The molecule has 1 fully saturated rings. The van der Waals surface area contributed by atoms with E-state index < -0.39 is 12.1 Å². The molecule has 26 heavy (non-hydrogen) atoms. The lowest BCUT2D eigenvalue weighted by atomic mass is 9.93. The second kappa shape index (κ2) is 6.85. The molecule has 0 bridgehead atoms. The van der Waals surface area contributed by atoms with Crippen molar-refractivity contribution in [1.82, 2.24) is 9.80 Å². The van der Waals surface area contributed by atoms with E-state index in [4.69, 9.17) is 4.74 Å². The Morgan fingerprint density at radius 3 is 2.88 bits per heavy atom. The van der Waals surface area contributed by atoms with Gasteiger partial charge in [0.05, 0.1) is 6.04 Å². The van der Waals surface area contributed by atoms with Gasteiger partial charge in [-0.05, 0) is 41.5 Å². The minimum atomic E-state index is -0.668. The molecule has 5 nitrogen and oxygen atoms in total. The zero-order valence-corrected chi connectivity index (χ0v) is 15.8. The average molecular weight is 370 g/mol. The highest BCUT2D eigenvalue weighted by molar-refractivity contribution is 7.10. The van der Waals surface area contributed by atoms with Crippen molar-refractivity contribution in [2.75, 3.05) is 20.2 Å². The van der Waals surface area contributed by atoms with E-state index in [-0.39, 0.29) is 18.4 Å². The quantitative estimate of drug-likeness (QED) is 0.816. The molecule has 6 heteroatoms. The van der Waals surface area contributed by atoms with Crippen molar-refractivity contribution in [2.24, 2.45) is 0 Å². The van der Waals surface area contributed by atoms with Crippen molar-refractivity contribution in [3.05, 3.63) is 57.3 Å². The first-order chi connectivity index (χ1) is 12.6. The van der Waals surface area contributed by atoms with Gasteiger partial charge in [-0.1, -0.05) is 24.3 Å². The largest absolute Gasteiger partial charge is 0.356 e. The zero-order chi connectivity index (χ0) is 18.3. The van der Waals surface area contributed by atoms with E-state index in [9.17, 15) is 9.59 Å². The third-order valence-corrected chi connectivity index (χ3v) is 6.38. The highest BCUT2D eigenvalue weighted by Crippen LogP contribution is 2.33. The molecule has 0 unspecified atom stereocenters. The normalized spacial score (nSPS) is 23.1. The van der Waals surface area contributed by atoms with E-state index in [2.05, 4.69) is 11.4 Å². The number of carbonyl (C=O) groups excluding carboxylic acids is 2. The Labute approximate surface area is 157 Å². The van der Waals surface area contributed by atoms with Crippen LogP contribution in [0.1, 0.15) is 27.6 Å². The van der Waals surface area contributed by atoms with Crippen LogP contribution in [-0.4, -0.2) is 47.9 Å². The van der Waals surface area contributed by atoms with Crippen molar-refractivity contribution >= 4 is 23.2 Å². The van der Waals surface area contributed by atoms with Crippen LogP contribution in [0.15, 0.2) is 35.7 Å². The van der Waals surface area contributed by atoms with Gasteiger partial charge in [-0.2, -0.15) is 0 Å². The molecule has 0 spiro atoms. The molecule has 2 amide bonds. The second-order valence-electron chi connectivity index (χ2n) is 6.92. The fourth-order valence-corrected chi connectivity index (χ4v) is 4.72. The fourth-order valence-electron chi connectivity index (χ4n) is 3.83. The smallest absolute Gasteiger partial charge is 0.254 e. The summed E-state index contributed by atoms with van der Waals surface area (Å²) < 4.78 is 5.79. The molecule has 1 aromatic carbocycles. The van der Waals surface area contributed by atoms with Crippen LogP contribution in [-0.2, 0) is 27.3 Å². The van der Waals surface area contributed by atoms with Crippen LogP contribution in [0.4, 0.5) is 0 Å². The van der Waals surface area contributed by atoms with Crippen molar-refractivity contribution in [3.8, 4) is 0 Å². The van der Waals surface area contributed by atoms with Crippen LogP contribution in [0.2, 0.25) is 0 Å². The molecule has 4 rings (SSSR count). The molecular formula is C20H22N2O3S. The average Bonchev–Trinajstić information content (AvgIpc) is 3.12. The fraction of sp³-hybridized carbons (Fsp3) is 0.400. The van der Waals surface area contributed by atoms with E-state index in [1.54, 1.807) is 23.3 Å². The molecule has 0 aliphatic carbocycles. The van der Waals surface area contributed by atoms with Crippen molar-refractivity contribution in [1.29, 1.82) is 0 Å². The van der Waals surface area contributed by atoms with Crippen LogP contribution in [0.5, 0.6) is 0 Å². The van der Waals surface area contributed by atoms with E-state index in [0.29, 0.717) is 13.1 Å². The molecule has 2 aliphatic heterocycles. The van der Waals surface area contributed by atoms with Gasteiger partial charge in [-0.15, -0.1) is 11.3 Å². The van der Waals surface area contributed by atoms with Gasteiger partial charge in [-0.25, -0.2) is 0 Å². The van der Waals surface area contributed by atoms with Crippen LogP contribution in [0.3, 0.4) is 0 Å². The summed E-state index contributed by atoms with van der Waals surface area (Å²) in [4.78, 5) is 30.4. The van der Waals surface area contributed by atoms with Crippen LogP contribution in [0.25, 0.3) is 0 Å². The van der Waals surface area contributed by atoms with Crippen molar-refractivity contribution in [3.63, 3.8) is 0 Å². The number of rotatable bonds is 2. The second-order valence-corrected chi connectivity index (χ2v) is 7.92. The van der Waals surface area contributed by atoms with Gasteiger partial charge in [-0.3, -0.25) is 9.59 Å². The zero-order valence-electron chi connectivity index (χ0n) is 15.0. The summed E-state index contributed by atoms with van der Waals surface area (Å²) in [5, 5.41) is 2.08. The van der Waals surface area contributed by atoms with E-state index in [1.165, 1.54) is 10.4 Å². The van der Waals surface area contributed by atoms with Gasteiger partial charge >= 0.3 is 0 Å². The van der Waals surface area contributed by atoms with E-state index in [0.717, 1.165) is 17.5 Å². The van der Waals surface area contributed by atoms with Gasteiger partial charge < -0.3 is 14.5 Å². The SMILES string of the molecule is Cc1ccccc1[C@@H]1[C@@H](C(=O)N2CCc3sccc3C2)OCC(=O)N1C. The molecule has 2 aliphatic rings. The predicted molar refractivity (Wildman–Crippen MR) is 99.9 cm³/mol. The molecule has 2 aromatic rings. The van der Waals surface area contributed by atoms with Crippen molar-refractivity contribution < 1.29 is 14.3 Å². The number of carbonyl (C=O) groups is 2. The van der Waals surface area contributed by atoms with Gasteiger partial charge in [0, 0.05) is 25.0 Å². The number of likely N-dealkylation sites (N-methyl/N-ethyl adjacent to an activating group) is 1. The summed E-state index contributed by atoms with van der Waals surface area (Å²) in [7, 11) is 1.76. The molecular weight excluding hydrogens is 348 g/mol. The lowest BCUT2D eigenvalue weighted by Gasteiger charge is -2.41. The molecule has 136 valence electrons. The number of benzene rings is 1. The van der Waals surface area contributed by atoms with Crippen molar-refractivity contribution in [2.45, 2.75) is 32.0 Å². The highest BCUT2D eigenvalue weighted by Gasteiger charge is 2.42. The summed E-state index contributed by atoms with van der Waals surface area (Å²) in [5.41, 5.74) is 3.25. The summed E-state index contributed by atoms with van der Waals surface area (Å²) in [6.45, 7) is 3.27. The number of nitrogens with zero attached hydrogens (tertiary/aromatic N) is 2. The first kappa shape index (κ1) is 17.2. The van der Waals surface area contributed by atoms with E-state index >= 15 is 0 Å². The summed E-state index contributed by atoms with van der Waals surface area (Å²) in [5.74, 6) is -0.129. The van der Waals surface area contributed by atoms with Gasteiger partial charge in [0.25, 0.3) is 5.91 Å². The first-order valence-electron chi connectivity index (χ1n) is 8.83. The number of ether oxygens (including phenoxy) is 1. The number of thiophene rings is 1. The van der Waals surface area contributed by atoms with E-state index in [1.807, 2.05) is 36.1 Å². The van der Waals surface area contributed by atoms with Crippen LogP contribution in [0, 0.1) is 6.92 Å². The Morgan fingerprint density at radius 2 is 2.08 bits per heavy atom. The third-order valence-electron chi connectivity index (χ3n) is 5.35. The standard InChI is InChI=1S/C20H22N2O3S/c1-13-5-3-4-6-15(13)18-19(25-12-17(23)21(18)2)20(24)22-9-7-16-14(11-22)8-10-26-16/h3-6,8,10,18-19H,7,9,11-12H2,1-2H3/t18-,19+/m1/s1. The summed E-state index contributed by atoms with van der Waals surface area (Å²) >= 11 is 1.75. The monoisotopic (exact) mass is 370 g/mol. The predicted octanol–water partition coefficient (Wildman–Crippen LogP) is 2.54. The van der Waals surface area contributed by atoms with Gasteiger partial charge in [0.15, 0.2) is 6.10 Å². The number of amides is 2. The Bertz CT molecular complexity index is 847. The minimum Gasteiger partial charge on any atom is -0.356 e. The maximum absolute atomic E-state index is 13.3. The molecule has 0 N–H and O–H groups in total. The Morgan fingerprint density at radius 1 is 1.27 bits per heavy atom. The molecule has 1 saturated heterocycles. The Hall–Kier alpha value is -2.18. The lowest BCUT2D eigenvalue weighted by Crippen LogP contribution is -2.54. The molecule has 2 atom stereocenters. The molecule has 1 aromatic heterocycles. The summed E-state index contributed by atoms with van der Waals surface area (Å²) in [6.07, 6.45) is 0.217. The number of morpholine rings is 1. The number of hydrogen-bond donors (Lipinski definition) is 0. The molecule has 0 radical (unpaired) electrons. The molecule has 3 heterocycles. The number of aryl methyl sites for hydroxylation is 1. The Balaban J connectivity index is 1.64. The first-order valence-corrected chi connectivity index (χ1v) is 9.71. The Kier molecular flexibility index (Phi) is 4.54. The number of fused-ring (bicyclic) bond motifs is 1. The molecule has 0 saturated carbocycles. The third kappa shape index (κ3) is 2.93. The highest BCUT2D eigenvalue weighted by atomic mass is 32.1. The maximum atomic E-state index is 13.3. The van der Waals surface area contributed by atoms with Crippen LogP contribution < -0.4 is 0 Å². The van der Waals surface area contributed by atoms with Crippen LogP contribution >= 0.6 is 11.3 Å². The summed E-state index contributed by atoms with van der Waals surface area (Å²) in [6, 6.07) is 9.58. The topological polar surface area (TPSA) is 49.9 Å². The number of hydrogen-bond acceptors (Lipinski definition) is 4. The maximum Gasteiger partial charge on any atom is 0.254 e. The minimum absolute atomic E-state index is 0.0329. The van der Waals surface area contributed by atoms with Gasteiger partial charge in [0.2, 0.25) is 5.91 Å².